The third-order valence-corrected chi connectivity index (χ3v) is 8.00. The number of amides is 1. The molecule has 3 heterocycles. The molecular weight excluding hydrogens is 434 g/mol. The molecule has 0 N–H and O–H groups in total. The van der Waals surface area contributed by atoms with Gasteiger partial charge in [0.2, 0.25) is 5.91 Å². The van der Waals surface area contributed by atoms with Crippen molar-refractivity contribution in [1.82, 2.24) is 14.7 Å². The maximum atomic E-state index is 15.2. The number of benzene rings is 2. The molecule has 1 unspecified atom stereocenters. The van der Waals surface area contributed by atoms with Crippen molar-refractivity contribution in [3.63, 3.8) is 0 Å². The van der Waals surface area contributed by atoms with Gasteiger partial charge >= 0.3 is 0 Å². The highest BCUT2D eigenvalue weighted by Crippen LogP contribution is 2.49. The predicted octanol–water partition coefficient (Wildman–Crippen LogP) is 4.80. The highest BCUT2D eigenvalue weighted by atomic mass is 19.1. The zero-order valence-corrected chi connectivity index (χ0v) is 19.3. The minimum absolute atomic E-state index is 0.0377. The molecule has 1 atom stereocenters. The minimum atomic E-state index is -0.649. The van der Waals surface area contributed by atoms with Crippen LogP contribution in [0.2, 0.25) is 0 Å². The van der Waals surface area contributed by atoms with E-state index in [1.54, 1.807) is 29.0 Å². The molecule has 2 aromatic carbocycles. The third-order valence-electron chi connectivity index (χ3n) is 8.00. The Hall–Kier alpha value is -3.06. The number of aromatic nitrogens is 2. The van der Waals surface area contributed by atoms with Crippen molar-refractivity contribution in [3.8, 4) is 11.1 Å². The zero-order valence-electron chi connectivity index (χ0n) is 19.3. The Labute approximate surface area is 198 Å². The van der Waals surface area contributed by atoms with Gasteiger partial charge in [0.15, 0.2) is 0 Å². The van der Waals surface area contributed by atoms with Crippen LogP contribution in [0.3, 0.4) is 0 Å². The molecule has 1 saturated carbocycles. The Morgan fingerprint density at radius 2 is 1.82 bits per heavy atom. The second-order valence-electron chi connectivity index (χ2n) is 9.97. The summed E-state index contributed by atoms with van der Waals surface area (Å²) in [4.78, 5) is 18.0. The molecule has 34 heavy (non-hydrogen) atoms. The highest BCUT2D eigenvalue weighted by Gasteiger charge is 2.55. The maximum Gasteiger partial charge on any atom is 0.239 e. The molecule has 1 saturated heterocycles. The molecule has 0 bridgehead atoms. The number of hydrogen-bond acceptors (Lipinski definition) is 3. The molecule has 2 aliphatic heterocycles. The van der Waals surface area contributed by atoms with Crippen LogP contribution >= 0.6 is 0 Å². The van der Waals surface area contributed by atoms with Crippen LogP contribution in [0.25, 0.3) is 11.1 Å². The number of rotatable bonds is 4. The number of nitrogens with zero attached hydrogens (tertiary/aromatic N) is 4. The summed E-state index contributed by atoms with van der Waals surface area (Å²) in [6.07, 6.45) is 8.92. The number of likely N-dealkylation sites (tertiary alicyclic amines) is 1. The smallest absolute Gasteiger partial charge is 0.239 e. The van der Waals surface area contributed by atoms with E-state index >= 15 is 8.78 Å². The second kappa shape index (κ2) is 8.01. The van der Waals surface area contributed by atoms with Gasteiger partial charge in [-0.05, 0) is 55.1 Å². The molecule has 6 rings (SSSR count). The zero-order chi connectivity index (χ0) is 23.4. The lowest BCUT2D eigenvalue weighted by atomic mass is 9.81. The number of hydrogen-bond donors (Lipinski definition) is 0. The van der Waals surface area contributed by atoms with Crippen molar-refractivity contribution < 1.29 is 13.6 Å². The van der Waals surface area contributed by atoms with Crippen LogP contribution in [-0.4, -0.2) is 39.7 Å². The molecule has 1 amide bonds. The first-order valence-corrected chi connectivity index (χ1v) is 12.1. The van der Waals surface area contributed by atoms with Crippen molar-refractivity contribution in [1.29, 1.82) is 0 Å². The van der Waals surface area contributed by atoms with Crippen LogP contribution in [-0.2, 0) is 23.8 Å². The Morgan fingerprint density at radius 3 is 2.53 bits per heavy atom. The van der Waals surface area contributed by atoms with Gasteiger partial charge in [0.05, 0.1) is 18.2 Å². The lowest BCUT2D eigenvalue weighted by Gasteiger charge is -2.27. The van der Waals surface area contributed by atoms with Crippen LogP contribution in [0, 0.1) is 11.6 Å². The highest BCUT2D eigenvalue weighted by molar-refractivity contribution is 6.08. The van der Waals surface area contributed by atoms with Crippen molar-refractivity contribution in [3.05, 3.63) is 71.6 Å². The quantitative estimate of drug-likeness (QED) is 0.560. The number of halogens is 2. The van der Waals surface area contributed by atoms with E-state index in [0.717, 1.165) is 24.2 Å². The first-order valence-electron chi connectivity index (χ1n) is 12.1. The fourth-order valence-electron chi connectivity index (χ4n) is 6.22. The average molecular weight is 463 g/mol. The number of para-hydroxylation sites is 1. The fraction of sp³-hybridized carbons (Fsp3) is 0.407. The topological polar surface area (TPSA) is 41.4 Å². The van der Waals surface area contributed by atoms with E-state index < -0.39 is 17.0 Å². The molecule has 3 aromatic rings. The van der Waals surface area contributed by atoms with E-state index in [9.17, 15) is 4.79 Å². The van der Waals surface area contributed by atoms with E-state index in [4.69, 9.17) is 0 Å². The summed E-state index contributed by atoms with van der Waals surface area (Å²) >= 11 is 0. The van der Waals surface area contributed by atoms with Gasteiger partial charge in [-0.1, -0.05) is 31.0 Å². The van der Waals surface area contributed by atoms with E-state index in [2.05, 4.69) is 10.00 Å². The fourth-order valence-corrected chi connectivity index (χ4v) is 6.22. The number of aryl methyl sites for hydroxylation is 1. The molecule has 1 aromatic heterocycles. The van der Waals surface area contributed by atoms with Gasteiger partial charge < -0.3 is 4.90 Å². The number of anilines is 1. The van der Waals surface area contributed by atoms with Crippen LogP contribution in [0.5, 0.6) is 0 Å². The summed E-state index contributed by atoms with van der Waals surface area (Å²) in [5.74, 6) is -1.34. The van der Waals surface area contributed by atoms with Gasteiger partial charge in [-0.25, -0.2) is 8.78 Å². The molecule has 2 fully saturated rings. The molecule has 5 nitrogen and oxygen atoms in total. The summed E-state index contributed by atoms with van der Waals surface area (Å²) in [5.41, 5.74) is 2.13. The summed E-state index contributed by atoms with van der Waals surface area (Å²) in [7, 11) is 1.76. The first-order chi connectivity index (χ1) is 16.5. The number of carbonyl (C=O) groups excluding carboxylic acids is 1. The molecule has 1 aliphatic carbocycles. The van der Waals surface area contributed by atoms with E-state index in [1.807, 2.05) is 24.3 Å². The van der Waals surface area contributed by atoms with Crippen LogP contribution in [0.1, 0.15) is 43.2 Å². The number of carbonyl (C=O) groups is 1. The van der Waals surface area contributed by atoms with Gasteiger partial charge in [-0.15, -0.1) is 0 Å². The molecule has 7 heteroatoms. The Bertz CT molecular complexity index is 1240. The summed E-state index contributed by atoms with van der Waals surface area (Å²) in [6.45, 7) is 1.46. The molecule has 176 valence electrons. The lowest BCUT2D eigenvalue weighted by Crippen LogP contribution is -2.43. The Kier molecular flexibility index (Phi) is 5.06. The van der Waals surface area contributed by atoms with Crippen molar-refractivity contribution in [2.24, 2.45) is 7.05 Å². The monoisotopic (exact) mass is 462 g/mol. The van der Waals surface area contributed by atoms with Crippen LogP contribution < -0.4 is 4.90 Å². The normalized spacial score (nSPS) is 22.9. The van der Waals surface area contributed by atoms with E-state index in [1.165, 1.54) is 37.8 Å². The molecule has 1 spiro atoms. The minimum Gasteiger partial charge on any atom is -0.307 e. The van der Waals surface area contributed by atoms with Gasteiger partial charge in [-0.3, -0.25) is 14.4 Å². The van der Waals surface area contributed by atoms with E-state index in [0.29, 0.717) is 23.7 Å². The predicted molar refractivity (Wildman–Crippen MR) is 126 cm³/mol. The van der Waals surface area contributed by atoms with Crippen molar-refractivity contribution >= 4 is 11.6 Å². The largest absolute Gasteiger partial charge is 0.307 e. The van der Waals surface area contributed by atoms with Gasteiger partial charge in [0, 0.05) is 42.6 Å². The summed E-state index contributed by atoms with van der Waals surface area (Å²) < 4.78 is 32.0. The van der Waals surface area contributed by atoms with Crippen molar-refractivity contribution in [2.75, 3.05) is 18.0 Å². The third kappa shape index (κ3) is 3.28. The standard InChI is InChI=1S/C27H28F2N4O/c1-31-15-19(14-30-31)18-12-23(28)21(24(29)13-18)16-33-25-9-5-4-8-22(25)27(26(33)34)10-11-32(17-27)20-6-2-3-7-20/h4-5,8-9,12-15,20H,2-3,6-7,10-11,16-17H2,1H3. The maximum absolute atomic E-state index is 15.2. The van der Waals surface area contributed by atoms with Gasteiger partial charge in [-0.2, -0.15) is 5.10 Å². The Balaban J connectivity index is 1.33. The van der Waals surface area contributed by atoms with Gasteiger partial charge in [0.25, 0.3) is 0 Å². The molecule has 0 radical (unpaired) electrons. The molecule has 3 aliphatic rings. The molecular formula is C27H28F2N4O. The van der Waals surface area contributed by atoms with Crippen molar-refractivity contribution in [2.45, 2.75) is 50.1 Å². The van der Waals surface area contributed by atoms with Gasteiger partial charge in [0.1, 0.15) is 11.6 Å². The van der Waals surface area contributed by atoms with Crippen LogP contribution in [0.4, 0.5) is 14.5 Å². The average Bonchev–Trinajstić information content (AvgIpc) is 3.61. The van der Waals surface area contributed by atoms with E-state index in [-0.39, 0.29) is 18.0 Å². The number of fused-ring (bicyclic) bond motifs is 2. The summed E-state index contributed by atoms with van der Waals surface area (Å²) in [5, 5.41) is 4.08. The second-order valence-corrected chi connectivity index (χ2v) is 9.97. The van der Waals surface area contributed by atoms with Crippen LogP contribution in [0.15, 0.2) is 48.8 Å². The Morgan fingerprint density at radius 1 is 1.09 bits per heavy atom. The first kappa shape index (κ1) is 21.5. The SMILES string of the molecule is Cn1cc(-c2cc(F)c(CN3C(=O)C4(CCN(C5CCCC5)C4)c4ccccc43)c(F)c2)cn1. The lowest BCUT2D eigenvalue weighted by molar-refractivity contribution is -0.123. The summed E-state index contributed by atoms with van der Waals surface area (Å²) in [6, 6.07) is 11.0.